The molecule has 212 valence electrons. The highest BCUT2D eigenvalue weighted by molar-refractivity contribution is 7.27. The number of nitrogens with zero attached hydrogens (tertiary/aromatic N) is 1. The molecule has 0 spiro atoms. The lowest BCUT2D eigenvalue weighted by Crippen LogP contribution is -1.96. The zero-order chi connectivity index (χ0) is 29.9. The highest BCUT2D eigenvalue weighted by Crippen LogP contribution is 2.49. The molecule has 11 rings (SSSR count). The normalized spacial score (nSPS) is 12.3. The van der Waals surface area contributed by atoms with E-state index in [0.29, 0.717) is 0 Å². The van der Waals surface area contributed by atoms with Gasteiger partial charge < -0.3 is 4.57 Å². The van der Waals surface area contributed by atoms with E-state index in [9.17, 15) is 0 Å². The summed E-state index contributed by atoms with van der Waals surface area (Å²) in [5, 5.41) is 18.3. The maximum atomic E-state index is 2.58. The molecule has 0 radical (unpaired) electrons. The predicted octanol–water partition coefficient (Wildman–Crippen LogP) is 12.9. The van der Waals surface area contributed by atoms with Gasteiger partial charge in [-0.15, -0.1) is 11.3 Å². The topological polar surface area (TPSA) is 4.93 Å². The Balaban J connectivity index is 1.42. The summed E-state index contributed by atoms with van der Waals surface area (Å²) in [5.41, 5.74) is 3.76. The number of benzene rings is 9. The van der Waals surface area contributed by atoms with E-state index in [0.717, 1.165) is 0 Å². The van der Waals surface area contributed by atoms with Gasteiger partial charge in [-0.05, 0) is 66.7 Å². The van der Waals surface area contributed by atoms with Crippen molar-refractivity contribution in [3.8, 4) is 5.69 Å². The van der Waals surface area contributed by atoms with E-state index in [1.807, 2.05) is 11.3 Å². The van der Waals surface area contributed by atoms with Crippen molar-refractivity contribution in [2.75, 3.05) is 0 Å². The smallest absolute Gasteiger partial charge is 0.0726 e. The molecule has 0 aliphatic heterocycles. The van der Waals surface area contributed by atoms with Crippen LogP contribution < -0.4 is 0 Å². The first-order valence-corrected chi connectivity index (χ1v) is 16.7. The molecule has 46 heavy (non-hydrogen) atoms. The fourth-order valence-electron chi connectivity index (χ4n) is 8.23. The van der Waals surface area contributed by atoms with Gasteiger partial charge in [0.25, 0.3) is 0 Å². The van der Waals surface area contributed by atoms with Crippen LogP contribution in [-0.4, -0.2) is 4.57 Å². The molecule has 1 nitrogen and oxygen atoms in total. The molecule has 9 aromatic carbocycles. The summed E-state index contributed by atoms with van der Waals surface area (Å²) in [5.74, 6) is 0. The zero-order valence-corrected chi connectivity index (χ0v) is 25.6. The number of hydrogen-bond donors (Lipinski definition) is 0. The summed E-state index contributed by atoms with van der Waals surface area (Å²) >= 11 is 1.92. The Kier molecular flexibility index (Phi) is 4.78. The molecule has 0 saturated carbocycles. The number of rotatable bonds is 1. The Morgan fingerprint density at radius 1 is 0.348 bits per heavy atom. The molecule has 0 N–H and O–H groups in total. The second kappa shape index (κ2) is 8.94. The minimum Gasteiger partial charge on any atom is -0.307 e. The molecule has 0 aliphatic carbocycles. The molecular formula is C44H25NS. The van der Waals surface area contributed by atoms with Gasteiger partial charge in [-0.3, -0.25) is 0 Å². The maximum absolute atomic E-state index is 2.58. The van der Waals surface area contributed by atoms with Crippen LogP contribution in [0.2, 0.25) is 0 Å². The highest BCUT2D eigenvalue weighted by Gasteiger charge is 2.23. The number of hydrogen-bond acceptors (Lipinski definition) is 1. The van der Waals surface area contributed by atoms with Gasteiger partial charge in [0.05, 0.1) is 15.7 Å². The molecule has 0 aliphatic rings. The molecule has 0 unspecified atom stereocenters. The second-order valence-corrected chi connectivity index (χ2v) is 13.5. The van der Waals surface area contributed by atoms with E-state index in [4.69, 9.17) is 0 Å². The van der Waals surface area contributed by atoms with Crippen LogP contribution in [0, 0.1) is 0 Å². The minimum absolute atomic E-state index is 1.19. The lowest BCUT2D eigenvalue weighted by molar-refractivity contribution is 1.20. The van der Waals surface area contributed by atoms with Crippen LogP contribution in [0.15, 0.2) is 152 Å². The Bertz CT molecular complexity index is 3050. The molecule has 2 heteroatoms. The Hall–Kier alpha value is -5.70. The molecule has 0 saturated heterocycles. The van der Waals surface area contributed by atoms with Crippen LogP contribution in [-0.2, 0) is 0 Å². The Labute approximate surface area is 268 Å². The highest BCUT2D eigenvalue weighted by atomic mass is 32.1. The van der Waals surface area contributed by atoms with Crippen LogP contribution in [0.3, 0.4) is 0 Å². The van der Waals surface area contributed by atoms with E-state index in [1.54, 1.807) is 0 Å². The number of aromatic nitrogens is 1. The number of thiophene rings is 1. The first kappa shape index (κ1) is 24.6. The van der Waals surface area contributed by atoms with Gasteiger partial charge in [0.2, 0.25) is 0 Å². The van der Waals surface area contributed by atoms with Crippen LogP contribution in [0.5, 0.6) is 0 Å². The van der Waals surface area contributed by atoms with Crippen LogP contribution in [0.1, 0.15) is 0 Å². The lowest BCUT2D eigenvalue weighted by Gasteiger charge is -2.15. The number of fused-ring (bicyclic) bond motifs is 18. The molecular weight excluding hydrogens is 575 g/mol. The fraction of sp³-hybridized carbons (Fsp3) is 0. The van der Waals surface area contributed by atoms with Gasteiger partial charge in [0, 0.05) is 37.3 Å². The van der Waals surface area contributed by atoms with Gasteiger partial charge in [0.15, 0.2) is 0 Å². The molecule has 11 aromatic rings. The van der Waals surface area contributed by atoms with Crippen molar-refractivity contribution < 1.29 is 0 Å². The average Bonchev–Trinajstić information content (AvgIpc) is 3.69. The Morgan fingerprint density at radius 2 is 0.870 bits per heavy atom. The summed E-state index contributed by atoms with van der Waals surface area (Å²) in [7, 11) is 0. The van der Waals surface area contributed by atoms with Crippen molar-refractivity contribution in [3.63, 3.8) is 0 Å². The summed E-state index contributed by atoms with van der Waals surface area (Å²) in [4.78, 5) is 0. The zero-order valence-electron chi connectivity index (χ0n) is 24.8. The first-order valence-electron chi connectivity index (χ1n) is 15.9. The quantitative estimate of drug-likeness (QED) is 0.165. The summed E-state index contributed by atoms with van der Waals surface area (Å²) < 4.78 is 5.26. The van der Waals surface area contributed by atoms with Gasteiger partial charge in [-0.25, -0.2) is 0 Å². The molecule has 2 aromatic heterocycles. The van der Waals surface area contributed by atoms with Crippen molar-refractivity contribution in [1.29, 1.82) is 0 Å². The largest absolute Gasteiger partial charge is 0.307 e. The maximum Gasteiger partial charge on any atom is 0.0726 e. The van der Waals surface area contributed by atoms with Gasteiger partial charge >= 0.3 is 0 Å². The van der Waals surface area contributed by atoms with Crippen LogP contribution in [0.4, 0.5) is 0 Å². The van der Waals surface area contributed by atoms with Crippen LogP contribution in [0.25, 0.3) is 102 Å². The second-order valence-electron chi connectivity index (χ2n) is 12.4. The van der Waals surface area contributed by atoms with Gasteiger partial charge in [0.1, 0.15) is 0 Å². The first-order chi connectivity index (χ1) is 22.8. The van der Waals surface area contributed by atoms with Crippen molar-refractivity contribution in [2.24, 2.45) is 0 Å². The monoisotopic (exact) mass is 599 g/mol. The van der Waals surface area contributed by atoms with Crippen molar-refractivity contribution in [3.05, 3.63) is 152 Å². The molecule has 0 atom stereocenters. The van der Waals surface area contributed by atoms with E-state index < -0.39 is 0 Å². The lowest BCUT2D eigenvalue weighted by atomic mass is 9.94. The van der Waals surface area contributed by atoms with Crippen LogP contribution >= 0.6 is 11.3 Å². The SMILES string of the molecule is c1ccc2c(c1)ccc1c3c4ccccc4c4c5ccccc5sc4c3n(-c3ccc4c5ccccc5c5ccccc5c4c3)c21. The summed E-state index contributed by atoms with van der Waals surface area (Å²) in [6.07, 6.45) is 0. The van der Waals surface area contributed by atoms with Gasteiger partial charge in [-0.1, -0.05) is 133 Å². The molecule has 0 fully saturated rings. The molecule has 0 bridgehead atoms. The minimum atomic E-state index is 1.19. The summed E-state index contributed by atoms with van der Waals surface area (Å²) in [6, 6.07) is 56.3. The van der Waals surface area contributed by atoms with Crippen molar-refractivity contribution >= 4 is 107 Å². The van der Waals surface area contributed by atoms with Crippen molar-refractivity contribution in [1.82, 2.24) is 4.57 Å². The summed E-state index contributed by atoms with van der Waals surface area (Å²) in [6.45, 7) is 0. The van der Waals surface area contributed by atoms with E-state index in [-0.39, 0.29) is 0 Å². The Morgan fingerprint density at radius 3 is 1.59 bits per heavy atom. The van der Waals surface area contributed by atoms with E-state index >= 15 is 0 Å². The molecule has 0 amide bonds. The van der Waals surface area contributed by atoms with Gasteiger partial charge in [-0.2, -0.15) is 0 Å². The third kappa shape index (κ3) is 3.09. The third-order valence-corrected chi connectivity index (χ3v) is 11.3. The third-order valence-electron chi connectivity index (χ3n) is 10.1. The predicted molar refractivity (Wildman–Crippen MR) is 201 cm³/mol. The fourth-order valence-corrected chi connectivity index (χ4v) is 9.49. The molecule has 2 heterocycles. The standard InChI is InChI=1S/C44H25NS/c1-2-12-28-26(11-1)21-23-37-40-34-17-7-8-18-35(34)41-36-19-9-10-20-39(36)46-44(41)43(40)45(42(28)37)27-22-24-33-31-15-4-3-13-29(31)30-14-5-6-16-32(30)38(33)25-27/h1-25H. The van der Waals surface area contributed by atoms with E-state index in [1.165, 1.54) is 102 Å². The average molecular weight is 600 g/mol. The van der Waals surface area contributed by atoms with Crippen molar-refractivity contribution in [2.45, 2.75) is 0 Å². The van der Waals surface area contributed by atoms with E-state index in [2.05, 4.69) is 156 Å².